The van der Waals surface area contributed by atoms with Crippen LogP contribution in [0.25, 0.3) is 16.8 Å². The van der Waals surface area contributed by atoms with Gasteiger partial charge in [0.2, 0.25) is 5.91 Å². The molecule has 2 heterocycles. The third kappa shape index (κ3) is 8.30. The highest BCUT2D eigenvalue weighted by molar-refractivity contribution is 8.05. The molecule has 236 valence electrons. The van der Waals surface area contributed by atoms with Gasteiger partial charge in [0, 0.05) is 54.9 Å². The van der Waals surface area contributed by atoms with Crippen LogP contribution in [-0.4, -0.2) is 59.6 Å². The first-order valence-electron chi connectivity index (χ1n) is 14.9. The van der Waals surface area contributed by atoms with Crippen LogP contribution in [0.1, 0.15) is 54.9 Å². The van der Waals surface area contributed by atoms with Crippen molar-refractivity contribution >= 4 is 46.5 Å². The molecule has 3 aromatic rings. The van der Waals surface area contributed by atoms with Gasteiger partial charge in [-0.3, -0.25) is 14.6 Å². The Morgan fingerprint density at radius 1 is 1.18 bits per heavy atom. The predicted octanol–water partition coefficient (Wildman–Crippen LogP) is 6.77. The van der Waals surface area contributed by atoms with Crippen molar-refractivity contribution in [3.63, 3.8) is 0 Å². The average molecular weight is 628 g/mol. The lowest BCUT2D eigenvalue weighted by Gasteiger charge is -2.23. The summed E-state index contributed by atoms with van der Waals surface area (Å²) in [5.41, 5.74) is 5.36. The molecular weight excluding hydrogens is 586 g/mol. The predicted molar refractivity (Wildman–Crippen MR) is 183 cm³/mol. The number of pyridine rings is 1. The Hall–Kier alpha value is -4.64. The van der Waals surface area contributed by atoms with E-state index in [-0.39, 0.29) is 23.3 Å². The second-order valence-corrected chi connectivity index (χ2v) is 11.7. The average Bonchev–Trinajstić information content (AvgIpc) is 3.90. The van der Waals surface area contributed by atoms with E-state index in [1.54, 1.807) is 24.9 Å². The SMILES string of the molecule is C=C(c1ccc(-c2c(C)ccc(Nc3cc(NC(=O)C4CC4)nnc3C(=O)NC)c2OC)cn1)N(C)C/C(=C\CC)S/C=C\C. The monoisotopic (exact) mass is 627 g/mol. The third-order valence-corrected chi connectivity index (χ3v) is 8.27. The van der Waals surface area contributed by atoms with E-state index in [0.717, 1.165) is 53.9 Å². The molecule has 0 saturated heterocycles. The van der Waals surface area contributed by atoms with Crippen LogP contribution in [0, 0.1) is 12.8 Å². The molecule has 3 N–H and O–H groups in total. The fourth-order valence-corrected chi connectivity index (χ4v) is 5.52. The molecule has 0 aliphatic heterocycles. The minimum Gasteiger partial charge on any atom is -0.494 e. The number of nitrogens with zero attached hydrogens (tertiary/aromatic N) is 4. The molecule has 2 amide bonds. The van der Waals surface area contributed by atoms with E-state index in [1.165, 1.54) is 12.0 Å². The number of amides is 2. The number of anilines is 3. The van der Waals surface area contributed by atoms with Crippen LogP contribution in [0.5, 0.6) is 5.75 Å². The zero-order valence-electron chi connectivity index (χ0n) is 26.7. The number of methoxy groups -OCH3 is 1. The second-order valence-electron chi connectivity index (χ2n) is 10.7. The molecule has 1 aliphatic rings. The van der Waals surface area contributed by atoms with Gasteiger partial charge >= 0.3 is 0 Å². The van der Waals surface area contributed by atoms with Gasteiger partial charge in [-0.15, -0.1) is 22.0 Å². The lowest BCUT2D eigenvalue weighted by Crippen LogP contribution is -2.22. The van der Waals surface area contributed by atoms with E-state index < -0.39 is 5.91 Å². The van der Waals surface area contributed by atoms with E-state index in [4.69, 9.17) is 9.72 Å². The Labute approximate surface area is 269 Å². The minimum atomic E-state index is -0.418. The standard InChI is InChI=1S/C34H41N7O3S/c1-8-10-25(45-17-9-2)20-41(6)22(4)26-16-14-24(19-36-26)30-21(3)11-15-27(32(30)44-7)37-28-18-29(38-33(42)23-12-13-23)39-40-31(28)34(43)35-5/h9-11,14-19,23H,4,8,12-13,20H2,1-3,5-7H3,(H,35,43)(H2,37,38,39,42)/b17-9-,25-10+. The maximum Gasteiger partial charge on any atom is 0.273 e. The number of nitrogens with one attached hydrogen (secondary N) is 3. The highest BCUT2D eigenvalue weighted by Crippen LogP contribution is 2.41. The number of rotatable bonds is 14. The summed E-state index contributed by atoms with van der Waals surface area (Å²) < 4.78 is 5.92. The van der Waals surface area contributed by atoms with Crippen LogP contribution in [0.2, 0.25) is 0 Å². The Balaban J connectivity index is 1.62. The summed E-state index contributed by atoms with van der Waals surface area (Å²) in [4.78, 5) is 33.1. The molecule has 10 nitrogen and oxygen atoms in total. The van der Waals surface area contributed by atoms with Gasteiger partial charge in [0.05, 0.1) is 29.9 Å². The molecule has 0 atom stereocenters. The number of ether oxygens (including phenoxy) is 1. The van der Waals surface area contributed by atoms with Gasteiger partial charge in [0.1, 0.15) is 5.75 Å². The Morgan fingerprint density at radius 3 is 2.58 bits per heavy atom. The van der Waals surface area contributed by atoms with Crippen molar-refractivity contribution in [3.8, 4) is 16.9 Å². The molecule has 4 rings (SSSR count). The summed E-state index contributed by atoms with van der Waals surface area (Å²) in [5.74, 6) is 0.305. The highest BCUT2D eigenvalue weighted by atomic mass is 32.2. The minimum absolute atomic E-state index is 0.00302. The summed E-state index contributed by atoms with van der Waals surface area (Å²) >= 11 is 1.71. The quantitative estimate of drug-likeness (QED) is 0.178. The van der Waals surface area contributed by atoms with Gasteiger partial charge in [-0.25, -0.2) is 0 Å². The molecule has 0 unspecified atom stereocenters. The van der Waals surface area contributed by atoms with Crippen molar-refractivity contribution in [1.29, 1.82) is 0 Å². The summed E-state index contributed by atoms with van der Waals surface area (Å²) in [5, 5.41) is 18.9. The Morgan fingerprint density at radius 2 is 1.96 bits per heavy atom. The fraction of sp³-hybridized carbons (Fsp3) is 0.324. The van der Waals surface area contributed by atoms with E-state index in [1.807, 2.05) is 57.4 Å². The summed E-state index contributed by atoms with van der Waals surface area (Å²) in [6, 6.07) is 9.41. The number of carbonyl (C=O) groups excluding carboxylic acids is 2. The van der Waals surface area contributed by atoms with Gasteiger partial charge in [0.25, 0.3) is 5.91 Å². The van der Waals surface area contributed by atoms with Crippen LogP contribution < -0.4 is 20.7 Å². The van der Waals surface area contributed by atoms with Crippen LogP contribution in [0.15, 0.2) is 65.6 Å². The van der Waals surface area contributed by atoms with Crippen LogP contribution in [0.3, 0.4) is 0 Å². The van der Waals surface area contributed by atoms with Crippen LogP contribution >= 0.6 is 11.8 Å². The second kappa shape index (κ2) is 15.4. The largest absolute Gasteiger partial charge is 0.494 e. The van der Waals surface area contributed by atoms with Gasteiger partial charge in [-0.2, -0.15) is 0 Å². The van der Waals surface area contributed by atoms with Crippen molar-refractivity contribution in [2.75, 3.05) is 38.4 Å². The van der Waals surface area contributed by atoms with Crippen molar-refractivity contribution < 1.29 is 14.3 Å². The smallest absolute Gasteiger partial charge is 0.273 e. The normalized spacial score (nSPS) is 13.0. The topological polar surface area (TPSA) is 121 Å². The molecule has 2 aromatic heterocycles. The molecule has 0 bridgehead atoms. The number of allylic oxidation sites excluding steroid dienone is 2. The van der Waals surface area contributed by atoms with Gasteiger partial charge < -0.3 is 25.6 Å². The fourth-order valence-electron chi connectivity index (χ4n) is 4.67. The maximum absolute atomic E-state index is 12.6. The van der Waals surface area contributed by atoms with Gasteiger partial charge in [0.15, 0.2) is 11.5 Å². The summed E-state index contributed by atoms with van der Waals surface area (Å²) in [6.45, 7) is 11.2. The van der Waals surface area contributed by atoms with E-state index in [9.17, 15) is 9.59 Å². The summed E-state index contributed by atoms with van der Waals surface area (Å²) in [6.07, 6.45) is 8.76. The molecule has 1 aromatic carbocycles. The molecule has 0 radical (unpaired) electrons. The molecule has 1 aliphatic carbocycles. The molecule has 11 heteroatoms. The Bertz CT molecular complexity index is 1610. The summed E-state index contributed by atoms with van der Waals surface area (Å²) in [7, 11) is 5.14. The number of likely N-dealkylation sites (N-methyl/N-ethyl adjacent to an activating group) is 1. The molecule has 1 saturated carbocycles. The highest BCUT2D eigenvalue weighted by Gasteiger charge is 2.30. The zero-order valence-corrected chi connectivity index (χ0v) is 27.5. The maximum atomic E-state index is 12.6. The van der Waals surface area contributed by atoms with Gasteiger partial charge in [-0.05, 0) is 56.2 Å². The van der Waals surface area contributed by atoms with Gasteiger partial charge in [-0.1, -0.05) is 37.8 Å². The molecular formula is C34H41N7O3S. The lowest BCUT2D eigenvalue weighted by atomic mass is 9.99. The number of benzene rings is 1. The van der Waals surface area contributed by atoms with Crippen LogP contribution in [0.4, 0.5) is 17.2 Å². The first kappa shape index (κ1) is 33.3. The number of hydrogen-bond donors (Lipinski definition) is 3. The first-order chi connectivity index (χ1) is 21.7. The van der Waals surface area contributed by atoms with E-state index in [2.05, 4.69) is 56.0 Å². The lowest BCUT2D eigenvalue weighted by molar-refractivity contribution is -0.117. The number of carbonyl (C=O) groups is 2. The zero-order chi connectivity index (χ0) is 32.5. The van der Waals surface area contributed by atoms with E-state index in [0.29, 0.717) is 17.1 Å². The number of thioether (sulfide) groups is 1. The van der Waals surface area contributed by atoms with Crippen LogP contribution in [-0.2, 0) is 4.79 Å². The number of aromatic nitrogens is 3. The number of aryl methyl sites for hydroxylation is 1. The van der Waals surface area contributed by atoms with Crippen molar-refractivity contribution in [2.24, 2.45) is 5.92 Å². The molecule has 0 spiro atoms. The molecule has 1 fully saturated rings. The van der Waals surface area contributed by atoms with E-state index >= 15 is 0 Å². The van der Waals surface area contributed by atoms with Crippen molar-refractivity contribution in [3.05, 3.63) is 82.5 Å². The third-order valence-electron chi connectivity index (χ3n) is 7.26. The Kier molecular flexibility index (Phi) is 11.4. The van der Waals surface area contributed by atoms with Crippen molar-refractivity contribution in [1.82, 2.24) is 25.4 Å². The van der Waals surface area contributed by atoms with Crippen molar-refractivity contribution in [2.45, 2.75) is 40.0 Å². The molecule has 45 heavy (non-hydrogen) atoms. The number of hydrogen-bond acceptors (Lipinski definition) is 9. The first-order valence-corrected chi connectivity index (χ1v) is 15.8.